The first-order valence-electron chi connectivity index (χ1n) is 7.53. The first-order valence-corrected chi connectivity index (χ1v) is 7.53. The Morgan fingerprint density at radius 2 is 1.88 bits per heavy atom. The number of carboxylic acid groups (broad SMARTS) is 1. The van der Waals surface area contributed by atoms with Gasteiger partial charge in [-0.2, -0.15) is 0 Å². The number of halogens is 2. The zero-order valence-electron chi connectivity index (χ0n) is 13.6. The molecule has 9 heteroatoms. The Morgan fingerprint density at radius 3 is 2.40 bits per heavy atom. The highest BCUT2D eigenvalue weighted by atomic mass is 19.3. The number of carboxylic acids is 1. The summed E-state index contributed by atoms with van der Waals surface area (Å²) >= 11 is 0. The van der Waals surface area contributed by atoms with Gasteiger partial charge in [0.1, 0.15) is 6.61 Å². The van der Waals surface area contributed by atoms with Crippen LogP contribution in [0.4, 0.5) is 13.6 Å². The molecule has 0 bridgehead atoms. The van der Waals surface area contributed by atoms with Crippen LogP contribution in [-0.4, -0.2) is 41.6 Å². The van der Waals surface area contributed by atoms with Crippen LogP contribution < -0.4 is 10.6 Å². The first kappa shape index (κ1) is 20.3. The van der Waals surface area contributed by atoms with Gasteiger partial charge in [-0.3, -0.25) is 4.79 Å². The summed E-state index contributed by atoms with van der Waals surface area (Å²) in [7, 11) is 0. The van der Waals surface area contributed by atoms with E-state index in [9.17, 15) is 28.3 Å². The molecule has 1 aromatic rings. The van der Waals surface area contributed by atoms with Gasteiger partial charge in [-0.25, -0.2) is 18.4 Å². The number of hydrogen-bond acceptors (Lipinski definition) is 4. The molecule has 0 saturated carbocycles. The zero-order chi connectivity index (χ0) is 18.9. The van der Waals surface area contributed by atoms with Gasteiger partial charge in [0.05, 0.1) is 0 Å². The molecule has 0 aliphatic rings. The molecule has 0 heterocycles. The number of hydrogen-bond donors (Lipinski definition) is 3. The molecule has 1 rings (SSSR count). The molecule has 7 nitrogen and oxygen atoms in total. The predicted molar refractivity (Wildman–Crippen MR) is 84.1 cm³/mol. The fourth-order valence-electron chi connectivity index (χ4n) is 2.05. The maximum Gasteiger partial charge on any atom is 0.408 e. The van der Waals surface area contributed by atoms with E-state index < -0.39 is 30.4 Å². The fourth-order valence-corrected chi connectivity index (χ4v) is 2.05. The van der Waals surface area contributed by atoms with Gasteiger partial charge in [0.15, 0.2) is 0 Å². The summed E-state index contributed by atoms with van der Waals surface area (Å²) in [5.74, 6) is -2.24. The number of alkyl halides is 2. The number of benzene rings is 1. The number of carbonyl (C=O) groups excluding carboxylic acids is 2. The molecular weight excluding hydrogens is 338 g/mol. The van der Waals surface area contributed by atoms with Gasteiger partial charge in [-0.15, -0.1) is 0 Å². The van der Waals surface area contributed by atoms with Crippen LogP contribution in [0.15, 0.2) is 30.3 Å². The molecule has 2 amide bonds. The number of aliphatic carboxylic acids is 1. The van der Waals surface area contributed by atoms with Crippen molar-refractivity contribution in [3.8, 4) is 0 Å². The van der Waals surface area contributed by atoms with Crippen molar-refractivity contribution in [2.75, 3.05) is 6.54 Å². The van der Waals surface area contributed by atoms with Crippen LogP contribution in [0, 0.1) is 0 Å². The highest BCUT2D eigenvalue weighted by Crippen LogP contribution is 2.23. The summed E-state index contributed by atoms with van der Waals surface area (Å²) in [4.78, 5) is 33.9. The van der Waals surface area contributed by atoms with Crippen LogP contribution in [0.3, 0.4) is 0 Å². The molecular formula is C16H20F2N2O5. The lowest BCUT2D eigenvalue weighted by atomic mass is 9.94. The molecule has 25 heavy (non-hydrogen) atoms. The molecule has 1 atom stereocenters. The van der Waals surface area contributed by atoms with E-state index in [1.54, 1.807) is 35.6 Å². The van der Waals surface area contributed by atoms with Gasteiger partial charge in [-0.1, -0.05) is 30.3 Å². The lowest BCUT2D eigenvalue weighted by molar-refractivity contribution is -0.152. The average molecular weight is 358 g/mol. The number of ether oxygens (including phenoxy) is 1. The zero-order valence-corrected chi connectivity index (χ0v) is 13.6. The molecule has 0 aliphatic carbocycles. The lowest BCUT2D eigenvalue weighted by Crippen LogP contribution is -2.59. The second-order valence-corrected chi connectivity index (χ2v) is 5.35. The van der Waals surface area contributed by atoms with Crippen LogP contribution in [-0.2, 0) is 20.9 Å². The van der Waals surface area contributed by atoms with E-state index in [-0.39, 0.29) is 25.5 Å². The van der Waals surface area contributed by atoms with Crippen LogP contribution in [0.2, 0.25) is 0 Å². The Kier molecular flexibility index (Phi) is 7.77. The summed E-state index contributed by atoms with van der Waals surface area (Å²) < 4.78 is 31.6. The number of amides is 2. The summed E-state index contributed by atoms with van der Waals surface area (Å²) in [5, 5.41) is 13.3. The predicted octanol–water partition coefficient (Wildman–Crippen LogP) is 1.92. The van der Waals surface area contributed by atoms with E-state index in [0.717, 1.165) is 0 Å². The summed E-state index contributed by atoms with van der Waals surface area (Å²) in [5.41, 5.74) is -2.16. The van der Waals surface area contributed by atoms with Crippen molar-refractivity contribution in [2.24, 2.45) is 0 Å². The molecule has 1 aromatic carbocycles. The van der Waals surface area contributed by atoms with Gasteiger partial charge in [0, 0.05) is 13.5 Å². The molecule has 0 aromatic heterocycles. The van der Waals surface area contributed by atoms with Gasteiger partial charge in [-0.05, 0) is 18.4 Å². The summed E-state index contributed by atoms with van der Waals surface area (Å²) in [6.07, 6.45) is -5.24. The second-order valence-electron chi connectivity index (χ2n) is 5.35. The van der Waals surface area contributed by atoms with E-state index in [0.29, 0.717) is 5.56 Å². The van der Waals surface area contributed by atoms with E-state index in [4.69, 9.17) is 4.74 Å². The van der Waals surface area contributed by atoms with Crippen LogP contribution in [0.25, 0.3) is 0 Å². The number of carbonyl (C=O) groups is 3. The van der Waals surface area contributed by atoms with Crippen molar-refractivity contribution in [1.82, 2.24) is 10.6 Å². The van der Waals surface area contributed by atoms with Crippen LogP contribution in [0.5, 0.6) is 0 Å². The van der Waals surface area contributed by atoms with Crippen LogP contribution >= 0.6 is 0 Å². The summed E-state index contributed by atoms with van der Waals surface area (Å²) in [6.45, 7) is 1.08. The minimum absolute atomic E-state index is 0.0117. The smallest absolute Gasteiger partial charge is 0.408 e. The quantitative estimate of drug-likeness (QED) is 0.585. The third-order valence-corrected chi connectivity index (χ3v) is 3.41. The lowest BCUT2D eigenvalue weighted by Gasteiger charge is -2.29. The van der Waals surface area contributed by atoms with E-state index in [1.807, 2.05) is 0 Å². The van der Waals surface area contributed by atoms with Gasteiger partial charge >= 0.3 is 12.1 Å². The molecule has 0 fully saturated rings. The average Bonchev–Trinajstić information content (AvgIpc) is 2.56. The monoisotopic (exact) mass is 358 g/mol. The Hall–Kier alpha value is -2.71. The topological polar surface area (TPSA) is 105 Å². The van der Waals surface area contributed by atoms with Crippen molar-refractivity contribution < 1.29 is 33.0 Å². The van der Waals surface area contributed by atoms with Gasteiger partial charge < -0.3 is 20.5 Å². The standard InChI is InChI=1S/C16H20F2N2O5/c1-11(21)19-9-5-8-16(13(17)18,14(22)23)20-15(24)25-10-12-6-3-2-4-7-12/h2-4,6-7,13H,5,8-10H2,1H3,(H,19,21)(H,20,24)(H,22,23). The van der Waals surface area contributed by atoms with E-state index in [1.165, 1.54) is 6.92 Å². The SMILES string of the molecule is CC(=O)NCCCC(NC(=O)OCc1ccccc1)(C(=O)O)C(F)F. The molecule has 1 unspecified atom stereocenters. The highest BCUT2D eigenvalue weighted by Gasteiger charge is 2.49. The third-order valence-electron chi connectivity index (χ3n) is 3.41. The van der Waals surface area contributed by atoms with Crippen molar-refractivity contribution in [3.05, 3.63) is 35.9 Å². The largest absolute Gasteiger partial charge is 0.479 e. The number of alkyl carbamates (subject to hydrolysis) is 1. The van der Waals surface area contributed by atoms with Crippen LogP contribution in [0.1, 0.15) is 25.3 Å². The van der Waals surface area contributed by atoms with Crippen molar-refractivity contribution in [1.29, 1.82) is 0 Å². The van der Waals surface area contributed by atoms with Gasteiger partial charge in [0.25, 0.3) is 6.43 Å². The number of nitrogens with one attached hydrogen (secondary N) is 2. The highest BCUT2D eigenvalue weighted by molar-refractivity contribution is 5.85. The Bertz CT molecular complexity index is 597. The van der Waals surface area contributed by atoms with E-state index >= 15 is 0 Å². The molecule has 3 N–H and O–H groups in total. The molecule has 0 radical (unpaired) electrons. The maximum absolute atomic E-state index is 13.4. The van der Waals surface area contributed by atoms with Gasteiger partial charge in [0.2, 0.25) is 11.4 Å². The minimum atomic E-state index is -3.35. The van der Waals surface area contributed by atoms with Crippen molar-refractivity contribution in [2.45, 2.75) is 38.3 Å². The molecule has 0 spiro atoms. The Morgan fingerprint density at radius 1 is 1.24 bits per heavy atom. The fraction of sp³-hybridized carbons (Fsp3) is 0.438. The Labute approximate surface area is 143 Å². The second kappa shape index (κ2) is 9.55. The Balaban J connectivity index is 2.69. The maximum atomic E-state index is 13.4. The molecule has 138 valence electrons. The third kappa shape index (κ3) is 6.36. The first-order chi connectivity index (χ1) is 11.8. The molecule has 0 aliphatic heterocycles. The number of rotatable bonds is 9. The van der Waals surface area contributed by atoms with Crippen molar-refractivity contribution >= 4 is 18.0 Å². The summed E-state index contributed by atoms with van der Waals surface area (Å²) in [6, 6.07) is 8.50. The van der Waals surface area contributed by atoms with E-state index in [2.05, 4.69) is 5.32 Å². The normalized spacial score (nSPS) is 13.0. The minimum Gasteiger partial charge on any atom is -0.479 e. The molecule has 0 saturated heterocycles. The van der Waals surface area contributed by atoms with Crippen molar-refractivity contribution in [3.63, 3.8) is 0 Å².